The summed E-state index contributed by atoms with van der Waals surface area (Å²) in [4.78, 5) is 14.8. The summed E-state index contributed by atoms with van der Waals surface area (Å²) < 4.78 is 10.9. The van der Waals surface area contributed by atoms with Crippen LogP contribution in [-0.2, 0) is 0 Å². The second kappa shape index (κ2) is 5.85. The minimum absolute atomic E-state index is 0.388. The Morgan fingerprint density at radius 1 is 1.30 bits per heavy atom. The van der Waals surface area contributed by atoms with Gasteiger partial charge in [-0.05, 0) is 25.1 Å². The third-order valence-corrected chi connectivity index (χ3v) is 2.69. The third-order valence-electron chi connectivity index (χ3n) is 2.69. The molecule has 0 bridgehead atoms. The number of aromatic nitrogens is 1. The van der Waals surface area contributed by atoms with Crippen molar-refractivity contribution in [3.8, 4) is 23.4 Å². The van der Waals surface area contributed by atoms with Gasteiger partial charge < -0.3 is 9.47 Å². The predicted molar refractivity (Wildman–Crippen MR) is 72.1 cm³/mol. The molecule has 0 aliphatic heterocycles. The number of benzene rings is 1. The van der Waals surface area contributed by atoms with E-state index < -0.39 is 0 Å². The molecule has 2 rings (SSSR count). The number of carbonyl (C=O) groups is 1. The fourth-order valence-electron chi connectivity index (χ4n) is 1.68. The van der Waals surface area contributed by atoms with Crippen molar-refractivity contribution in [1.29, 1.82) is 5.26 Å². The Morgan fingerprint density at radius 3 is 2.70 bits per heavy atom. The number of aldehydes is 1. The Balaban J connectivity index is 2.35. The SMILES string of the molecule is COc1cc(C#N)ccc1Oc1ncc(C=O)cc1C. The lowest BCUT2D eigenvalue weighted by molar-refractivity contribution is 0.112. The summed E-state index contributed by atoms with van der Waals surface area (Å²) in [6, 6.07) is 8.58. The molecule has 0 saturated heterocycles. The molecule has 0 saturated carbocycles. The zero-order valence-corrected chi connectivity index (χ0v) is 11.1. The summed E-state index contributed by atoms with van der Waals surface area (Å²) in [5, 5.41) is 8.85. The molecule has 1 aromatic carbocycles. The van der Waals surface area contributed by atoms with Crippen molar-refractivity contribution in [3.05, 3.63) is 47.2 Å². The molecule has 0 atom stereocenters. The molecule has 100 valence electrons. The van der Waals surface area contributed by atoms with Crippen LogP contribution in [0, 0.1) is 18.3 Å². The Hall–Kier alpha value is -2.87. The van der Waals surface area contributed by atoms with Gasteiger partial charge >= 0.3 is 0 Å². The Bertz CT molecular complexity index is 690. The van der Waals surface area contributed by atoms with Crippen molar-refractivity contribution in [2.75, 3.05) is 7.11 Å². The van der Waals surface area contributed by atoms with Crippen LogP contribution in [0.4, 0.5) is 0 Å². The molecule has 0 radical (unpaired) electrons. The number of nitriles is 1. The van der Waals surface area contributed by atoms with Crippen LogP contribution >= 0.6 is 0 Å². The lowest BCUT2D eigenvalue weighted by Gasteiger charge is -2.11. The molecule has 1 aromatic heterocycles. The average molecular weight is 268 g/mol. The van der Waals surface area contributed by atoms with Gasteiger partial charge in [-0.1, -0.05) is 0 Å². The maximum absolute atomic E-state index is 10.7. The van der Waals surface area contributed by atoms with Crippen LogP contribution in [-0.4, -0.2) is 18.4 Å². The highest BCUT2D eigenvalue weighted by atomic mass is 16.5. The maximum atomic E-state index is 10.7. The van der Waals surface area contributed by atoms with Crippen LogP contribution in [0.3, 0.4) is 0 Å². The van der Waals surface area contributed by atoms with Crippen LogP contribution in [0.1, 0.15) is 21.5 Å². The van der Waals surface area contributed by atoms with E-state index in [1.54, 1.807) is 31.2 Å². The molecule has 0 N–H and O–H groups in total. The van der Waals surface area contributed by atoms with Crippen LogP contribution in [0.25, 0.3) is 0 Å². The summed E-state index contributed by atoms with van der Waals surface area (Å²) >= 11 is 0. The quantitative estimate of drug-likeness (QED) is 0.797. The van der Waals surface area contributed by atoms with Crippen molar-refractivity contribution in [3.63, 3.8) is 0 Å². The summed E-state index contributed by atoms with van der Waals surface area (Å²) in [6.45, 7) is 1.80. The summed E-state index contributed by atoms with van der Waals surface area (Å²) in [7, 11) is 1.50. The number of pyridine rings is 1. The van der Waals surface area contributed by atoms with Gasteiger partial charge in [0.05, 0.1) is 18.7 Å². The van der Waals surface area contributed by atoms with Crippen molar-refractivity contribution >= 4 is 6.29 Å². The topological polar surface area (TPSA) is 72.2 Å². The summed E-state index contributed by atoms with van der Waals surface area (Å²) in [5.41, 5.74) is 1.71. The molecule has 5 nitrogen and oxygen atoms in total. The van der Waals surface area contributed by atoms with E-state index in [0.717, 1.165) is 11.8 Å². The van der Waals surface area contributed by atoms with Gasteiger partial charge in [0.15, 0.2) is 17.8 Å². The first-order chi connectivity index (χ1) is 9.67. The van der Waals surface area contributed by atoms with Crippen molar-refractivity contribution < 1.29 is 14.3 Å². The van der Waals surface area contributed by atoms with E-state index in [2.05, 4.69) is 4.98 Å². The van der Waals surface area contributed by atoms with E-state index >= 15 is 0 Å². The van der Waals surface area contributed by atoms with Gasteiger partial charge in [0.1, 0.15) is 0 Å². The van der Waals surface area contributed by atoms with E-state index in [9.17, 15) is 4.79 Å². The van der Waals surface area contributed by atoms with Gasteiger partial charge in [0, 0.05) is 23.4 Å². The van der Waals surface area contributed by atoms with E-state index in [0.29, 0.717) is 28.5 Å². The Morgan fingerprint density at radius 2 is 2.10 bits per heavy atom. The monoisotopic (exact) mass is 268 g/mol. The molecule has 0 amide bonds. The second-order valence-corrected chi connectivity index (χ2v) is 4.09. The highest BCUT2D eigenvalue weighted by Gasteiger charge is 2.10. The number of methoxy groups -OCH3 is 1. The highest BCUT2D eigenvalue weighted by Crippen LogP contribution is 2.32. The lowest BCUT2D eigenvalue weighted by atomic mass is 10.2. The molecule has 0 aliphatic rings. The first kappa shape index (κ1) is 13.6. The normalized spacial score (nSPS) is 9.65. The smallest absolute Gasteiger partial charge is 0.222 e. The highest BCUT2D eigenvalue weighted by molar-refractivity contribution is 5.74. The van der Waals surface area contributed by atoms with E-state index in [-0.39, 0.29) is 0 Å². The number of hydrogen-bond acceptors (Lipinski definition) is 5. The first-order valence-electron chi connectivity index (χ1n) is 5.85. The molecular formula is C15H12N2O3. The van der Waals surface area contributed by atoms with E-state index in [1.807, 2.05) is 6.07 Å². The number of carbonyl (C=O) groups excluding carboxylic acids is 1. The van der Waals surface area contributed by atoms with Gasteiger partial charge in [0.2, 0.25) is 5.88 Å². The standard InChI is InChI=1S/C15H12N2O3/c1-10-5-12(9-18)8-17-15(10)20-13-4-3-11(7-16)6-14(13)19-2/h3-6,8-9H,1-2H3. The molecule has 0 aliphatic carbocycles. The first-order valence-corrected chi connectivity index (χ1v) is 5.85. The van der Waals surface area contributed by atoms with Crippen molar-refractivity contribution in [2.45, 2.75) is 6.92 Å². The minimum atomic E-state index is 0.388. The molecule has 1 heterocycles. The fraction of sp³-hybridized carbons (Fsp3) is 0.133. The van der Waals surface area contributed by atoms with Gasteiger partial charge in [-0.2, -0.15) is 5.26 Å². The van der Waals surface area contributed by atoms with E-state index in [1.165, 1.54) is 13.3 Å². The summed E-state index contributed by atoms with van der Waals surface area (Å²) in [6.07, 6.45) is 2.16. The van der Waals surface area contributed by atoms with Gasteiger partial charge in [0.25, 0.3) is 0 Å². The summed E-state index contributed by atoms with van der Waals surface area (Å²) in [5.74, 6) is 1.30. The van der Waals surface area contributed by atoms with Gasteiger partial charge in [-0.15, -0.1) is 0 Å². The molecule has 0 fully saturated rings. The third kappa shape index (κ3) is 2.75. The van der Waals surface area contributed by atoms with Crippen LogP contribution in [0.15, 0.2) is 30.5 Å². The maximum Gasteiger partial charge on any atom is 0.222 e. The largest absolute Gasteiger partial charge is 0.493 e. The molecule has 20 heavy (non-hydrogen) atoms. The van der Waals surface area contributed by atoms with Crippen LogP contribution in [0.2, 0.25) is 0 Å². The number of nitrogens with zero attached hydrogens (tertiary/aromatic N) is 2. The average Bonchev–Trinajstić information content (AvgIpc) is 2.49. The van der Waals surface area contributed by atoms with Gasteiger partial charge in [-0.3, -0.25) is 4.79 Å². The second-order valence-electron chi connectivity index (χ2n) is 4.09. The molecule has 2 aromatic rings. The Labute approximate surface area is 116 Å². The van der Waals surface area contributed by atoms with Gasteiger partial charge in [-0.25, -0.2) is 4.98 Å². The zero-order valence-electron chi connectivity index (χ0n) is 11.1. The molecular weight excluding hydrogens is 256 g/mol. The number of ether oxygens (including phenoxy) is 2. The van der Waals surface area contributed by atoms with Crippen LogP contribution in [0.5, 0.6) is 17.4 Å². The number of hydrogen-bond donors (Lipinski definition) is 0. The number of aryl methyl sites for hydroxylation is 1. The molecule has 0 spiro atoms. The lowest BCUT2D eigenvalue weighted by Crippen LogP contribution is -1.96. The molecule has 0 unspecified atom stereocenters. The van der Waals surface area contributed by atoms with Crippen molar-refractivity contribution in [1.82, 2.24) is 4.98 Å². The predicted octanol–water partition coefficient (Wildman–Crippen LogP) is 2.88. The minimum Gasteiger partial charge on any atom is -0.493 e. The fourth-order valence-corrected chi connectivity index (χ4v) is 1.68. The van der Waals surface area contributed by atoms with Crippen LogP contribution < -0.4 is 9.47 Å². The van der Waals surface area contributed by atoms with E-state index in [4.69, 9.17) is 14.7 Å². The molecule has 5 heteroatoms. The Kier molecular flexibility index (Phi) is 3.96. The zero-order chi connectivity index (χ0) is 14.5. The van der Waals surface area contributed by atoms with Crippen molar-refractivity contribution in [2.24, 2.45) is 0 Å². The number of rotatable bonds is 4.